The molecule has 2 atom stereocenters. The maximum Gasteiger partial charge on any atom is 0.0486 e. The van der Waals surface area contributed by atoms with Crippen LogP contribution in [0.2, 0.25) is 0 Å². The van der Waals surface area contributed by atoms with E-state index in [4.69, 9.17) is 0 Å². The minimum atomic E-state index is 0.729. The molecule has 0 saturated carbocycles. The van der Waals surface area contributed by atoms with Crippen molar-refractivity contribution in [2.45, 2.75) is 40.0 Å². The van der Waals surface area contributed by atoms with Crippen molar-refractivity contribution in [1.82, 2.24) is 4.57 Å². The number of fused-ring (bicyclic) bond motifs is 1. The molecule has 2 rings (SSSR count). The molecule has 0 spiro atoms. The van der Waals surface area contributed by atoms with Crippen LogP contribution in [0.15, 0.2) is 43.0 Å². The molecule has 2 aromatic rings. The van der Waals surface area contributed by atoms with Gasteiger partial charge in [-0.2, -0.15) is 0 Å². The largest absolute Gasteiger partial charge is 0.347 e. The summed E-state index contributed by atoms with van der Waals surface area (Å²) in [5.74, 6) is 1.46. The molecule has 1 nitrogen and oxygen atoms in total. The molecule has 22 heavy (non-hydrogen) atoms. The van der Waals surface area contributed by atoms with Gasteiger partial charge in [0.05, 0.1) is 0 Å². The first-order valence-corrected chi connectivity index (χ1v) is 8.40. The second kappa shape index (κ2) is 7.49. The number of rotatable bonds is 7. The molecule has 1 aromatic heterocycles. The van der Waals surface area contributed by atoms with Crippen LogP contribution in [0.4, 0.5) is 0 Å². The van der Waals surface area contributed by atoms with Gasteiger partial charge in [0, 0.05) is 29.2 Å². The molecule has 0 aliphatic carbocycles. The Morgan fingerprint density at radius 3 is 2.59 bits per heavy atom. The Labute approximate surface area is 135 Å². The number of aryl methyl sites for hydroxylation is 1. The molecule has 0 saturated heterocycles. The van der Waals surface area contributed by atoms with Crippen molar-refractivity contribution in [2.24, 2.45) is 18.9 Å². The lowest BCUT2D eigenvalue weighted by Crippen LogP contribution is -2.10. The predicted molar refractivity (Wildman–Crippen MR) is 99.1 cm³/mol. The van der Waals surface area contributed by atoms with E-state index in [1.807, 2.05) is 6.08 Å². The molecule has 0 fully saturated rings. The molecule has 0 aliphatic rings. The Morgan fingerprint density at radius 2 is 1.91 bits per heavy atom. The molecule has 118 valence electrons. The van der Waals surface area contributed by atoms with Crippen molar-refractivity contribution in [1.29, 1.82) is 0 Å². The van der Waals surface area contributed by atoms with Gasteiger partial charge in [0.25, 0.3) is 0 Å². The summed E-state index contributed by atoms with van der Waals surface area (Å²) in [4.78, 5) is 0. The van der Waals surface area contributed by atoms with E-state index in [0.717, 1.165) is 18.3 Å². The second-order valence-electron chi connectivity index (χ2n) is 6.44. The van der Waals surface area contributed by atoms with Crippen LogP contribution in [0.3, 0.4) is 0 Å². The van der Waals surface area contributed by atoms with Gasteiger partial charge in [0.15, 0.2) is 0 Å². The summed E-state index contributed by atoms with van der Waals surface area (Å²) in [5, 5.41) is 1.32. The van der Waals surface area contributed by atoms with Crippen molar-refractivity contribution < 1.29 is 0 Å². The fraction of sp³-hybridized carbons (Fsp3) is 0.429. The first-order chi connectivity index (χ1) is 10.6. The summed E-state index contributed by atoms with van der Waals surface area (Å²) in [6, 6.07) is 8.62. The van der Waals surface area contributed by atoms with E-state index < -0.39 is 0 Å². The Balaban J connectivity index is 2.18. The van der Waals surface area contributed by atoms with E-state index in [-0.39, 0.29) is 0 Å². The van der Waals surface area contributed by atoms with Crippen LogP contribution in [-0.2, 0) is 13.5 Å². The third-order valence-electron chi connectivity index (χ3n) is 5.03. The lowest BCUT2D eigenvalue weighted by atomic mass is 9.88. The minimum absolute atomic E-state index is 0.729. The van der Waals surface area contributed by atoms with E-state index in [9.17, 15) is 0 Å². The number of para-hydroxylation sites is 1. The van der Waals surface area contributed by atoms with Crippen molar-refractivity contribution >= 4 is 17.0 Å². The number of hydrogen-bond donors (Lipinski definition) is 0. The zero-order valence-corrected chi connectivity index (χ0v) is 14.5. The van der Waals surface area contributed by atoms with E-state index in [1.165, 1.54) is 35.0 Å². The van der Waals surface area contributed by atoms with E-state index in [1.54, 1.807) is 0 Å². The van der Waals surface area contributed by atoms with Crippen molar-refractivity contribution in [2.75, 3.05) is 0 Å². The third kappa shape index (κ3) is 3.35. The van der Waals surface area contributed by atoms with Crippen LogP contribution in [0, 0.1) is 11.8 Å². The van der Waals surface area contributed by atoms with Gasteiger partial charge in [-0.25, -0.2) is 0 Å². The smallest absolute Gasteiger partial charge is 0.0486 e. The van der Waals surface area contributed by atoms with Gasteiger partial charge >= 0.3 is 0 Å². The standard InChI is InChI=1S/C21H29N/c1-6-8-11-16(3)17(4)14-15-21-18(7-2)19-12-9-10-13-20(19)22(21)5/h6-10,12-13,16-17H,2,11,14-15H2,1,3-5H3/b8-6-/t16-,17?/m1/s1. The van der Waals surface area contributed by atoms with E-state index >= 15 is 0 Å². The van der Waals surface area contributed by atoms with Gasteiger partial charge in [-0.1, -0.05) is 56.9 Å². The molecule has 0 aliphatic heterocycles. The van der Waals surface area contributed by atoms with Gasteiger partial charge in [-0.3, -0.25) is 0 Å². The Bertz CT molecular complexity index is 660. The van der Waals surface area contributed by atoms with Gasteiger partial charge in [-0.15, -0.1) is 0 Å². The molecule has 0 radical (unpaired) electrons. The first-order valence-electron chi connectivity index (χ1n) is 8.40. The van der Waals surface area contributed by atoms with Gasteiger partial charge < -0.3 is 4.57 Å². The molecular weight excluding hydrogens is 266 g/mol. The average Bonchev–Trinajstić information content (AvgIpc) is 2.82. The number of aromatic nitrogens is 1. The fourth-order valence-electron chi connectivity index (χ4n) is 3.24. The lowest BCUT2D eigenvalue weighted by Gasteiger charge is -2.19. The molecular formula is C21H29N. The van der Waals surface area contributed by atoms with Gasteiger partial charge in [-0.05, 0) is 44.1 Å². The topological polar surface area (TPSA) is 4.93 Å². The first kappa shape index (κ1) is 16.6. The van der Waals surface area contributed by atoms with Crippen molar-refractivity contribution in [3.8, 4) is 0 Å². The number of benzene rings is 1. The van der Waals surface area contributed by atoms with E-state index in [2.05, 4.69) is 75.4 Å². The Kier molecular flexibility index (Phi) is 5.65. The SMILES string of the molecule is C=Cc1c(CCC(C)[C@H](C)C/C=C\C)n(C)c2ccccc12. The number of allylic oxidation sites excluding steroid dienone is 2. The summed E-state index contributed by atoms with van der Waals surface area (Å²) in [7, 11) is 2.18. The molecule has 1 unspecified atom stereocenters. The highest BCUT2D eigenvalue weighted by atomic mass is 14.9. The quantitative estimate of drug-likeness (QED) is 0.553. The number of nitrogens with zero attached hydrogens (tertiary/aromatic N) is 1. The number of hydrogen-bond acceptors (Lipinski definition) is 0. The van der Waals surface area contributed by atoms with E-state index in [0.29, 0.717) is 0 Å². The molecule has 0 bridgehead atoms. The van der Waals surface area contributed by atoms with Crippen molar-refractivity contribution in [3.63, 3.8) is 0 Å². The summed E-state index contributed by atoms with van der Waals surface area (Å²) in [6.07, 6.45) is 9.99. The van der Waals surface area contributed by atoms with Crippen LogP contribution in [0.1, 0.15) is 44.9 Å². The molecule has 1 heteroatoms. The minimum Gasteiger partial charge on any atom is -0.347 e. The Morgan fingerprint density at radius 1 is 1.18 bits per heavy atom. The summed E-state index contributed by atoms with van der Waals surface area (Å²) in [6.45, 7) is 10.9. The molecule has 0 N–H and O–H groups in total. The lowest BCUT2D eigenvalue weighted by molar-refractivity contribution is 0.365. The fourth-order valence-corrected chi connectivity index (χ4v) is 3.24. The zero-order chi connectivity index (χ0) is 16.1. The van der Waals surface area contributed by atoms with Crippen LogP contribution in [-0.4, -0.2) is 4.57 Å². The average molecular weight is 295 g/mol. The predicted octanol–water partition coefficient (Wildman–Crippen LogP) is 5.99. The maximum atomic E-state index is 4.04. The second-order valence-corrected chi connectivity index (χ2v) is 6.44. The van der Waals surface area contributed by atoms with Crippen LogP contribution in [0.25, 0.3) is 17.0 Å². The van der Waals surface area contributed by atoms with Crippen LogP contribution < -0.4 is 0 Å². The molecule has 1 heterocycles. The zero-order valence-electron chi connectivity index (χ0n) is 14.5. The van der Waals surface area contributed by atoms with Crippen molar-refractivity contribution in [3.05, 3.63) is 54.3 Å². The molecule has 1 aromatic carbocycles. The van der Waals surface area contributed by atoms with Gasteiger partial charge in [0.1, 0.15) is 0 Å². The summed E-state index contributed by atoms with van der Waals surface area (Å²) >= 11 is 0. The summed E-state index contributed by atoms with van der Waals surface area (Å²) in [5.41, 5.74) is 4.04. The van der Waals surface area contributed by atoms with Crippen LogP contribution in [0.5, 0.6) is 0 Å². The molecule has 0 amide bonds. The normalized spacial score (nSPS) is 14.5. The van der Waals surface area contributed by atoms with Crippen LogP contribution >= 0.6 is 0 Å². The third-order valence-corrected chi connectivity index (χ3v) is 5.03. The highest BCUT2D eigenvalue weighted by Crippen LogP contribution is 2.29. The highest BCUT2D eigenvalue weighted by Gasteiger charge is 2.16. The highest BCUT2D eigenvalue weighted by molar-refractivity contribution is 5.91. The monoisotopic (exact) mass is 295 g/mol. The Hall–Kier alpha value is -1.76. The summed E-state index contributed by atoms with van der Waals surface area (Å²) < 4.78 is 2.34. The van der Waals surface area contributed by atoms with Gasteiger partial charge in [0.2, 0.25) is 0 Å². The maximum absolute atomic E-state index is 4.04.